The fraction of sp³-hybridized carbons (Fsp3) is 1.00. The van der Waals surface area contributed by atoms with E-state index >= 15 is 0 Å². The van der Waals surface area contributed by atoms with Gasteiger partial charge in [-0.15, -0.1) is 0 Å². The molecule has 0 aliphatic heterocycles. The van der Waals surface area contributed by atoms with Gasteiger partial charge in [-0.05, 0) is 26.2 Å². The van der Waals surface area contributed by atoms with Gasteiger partial charge in [-0.2, -0.15) is 0 Å². The second-order valence-corrected chi connectivity index (χ2v) is 6.34. The molecule has 128 valence electrons. The summed E-state index contributed by atoms with van der Waals surface area (Å²) in [6.45, 7) is 7.53. The lowest BCUT2D eigenvalue weighted by Gasteiger charge is -2.34. The zero-order valence-corrected chi connectivity index (χ0v) is 14.0. The van der Waals surface area contributed by atoms with Crippen LogP contribution in [-0.2, 0) is 4.74 Å². The SMILES string of the molecule is CCCC(C)(CC(O)CO)OCC(O)CC(O)(CC)CC. The predicted octanol–water partition coefficient (Wildman–Crippen LogP) is 1.61. The Morgan fingerprint density at radius 3 is 2.00 bits per heavy atom. The molecule has 0 aliphatic rings. The van der Waals surface area contributed by atoms with E-state index in [0.29, 0.717) is 19.3 Å². The monoisotopic (exact) mass is 306 g/mol. The largest absolute Gasteiger partial charge is 0.394 e. The highest BCUT2D eigenvalue weighted by atomic mass is 16.5. The Balaban J connectivity index is 4.47. The molecule has 0 fully saturated rings. The Morgan fingerprint density at radius 2 is 1.57 bits per heavy atom. The third-order valence-electron chi connectivity index (χ3n) is 4.21. The Hall–Kier alpha value is -0.200. The van der Waals surface area contributed by atoms with Crippen molar-refractivity contribution in [1.29, 1.82) is 0 Å². The molecule has 4 N–H and O–H groups in total. The average Bonchev–Trinajstić information content (AvgIpc) is 2.45. The van der Waals surface area contributed by atoms with Crippen molar-refractivity contribution in [2.75, 3.05) is 13.2 Å². The Bertz CT molecular complexity index is 267. The van der Waals surface area contributed by atoms with E-state index in [1.54, 1.807) is 0 Å². The lowest BCUT2D eigenvalue weighted by atomic mass is 9.90. The molecule has 3 unspecified atom stereocenters. The van der Waals surface area contributed by atoms with Gasteiger partial charge in [0, 0.05) is 12.8 Å². The number of hydrogen-bond acceptors (Lipinski definition) is 5. The Kier molecular flexibility index (Phi) is 9.65. The van der Waals surface area contributed by atoms with E-state index in [1.165, 1.54) is 0 Å². The summed E-state index contributed by atoms with van der Waals surface area (Å²) in [5.74, 6) is 0. The number of ether oxygens (including phenoxy) is 1. The molecule has 0 radical (unpaired) electrons. The van der Waals surface area contributed by atoms with E-state index in [2.05, 4.69) is 0 Å². The molecule has 3 atom stereocenters. The molecule has 0 aromatic heterocycles. The number of aliphatic hydroxyl groups excluding tert-OH is 3. The molecule has 0 amide bonds. The van der Waals surface area contributed by atoms with Crippen LogP contribution in [0.25, 0.3) is 0 Å². The summed E-state index contributed by atoms with van der Waals surface area (Å²) < 4.78 is 5.81. The number of hydrogen-bond donors (Lipinski definition) is 4. The molecule has 0 saturated heterocycles. The summed E-state index contributed by atoms with van der Waals surface area (Å²) in [6.07, 6.45) is 1.87. The van der Waals surface area contributed by atoms with Crippen molar-refractivity contribution in [3.05, 3.63) is 0 Å². The zero-order chi connectivity index (χ0) is 16.5. The smallest absolute Gasteiger partial charge is 0.0801 e. The summed E-state index contributed by atoms with van der Waals surface area (Å²) >= 11 is 0. The fourth-order valence-corrected chi connectivity index (χ4v) is 2.66. The van der Waals surface area contributed by atoms with Gasteiger partial charge in [0.1, 0.15) is 0 Å². The zero-order valence-electron chi connectivity index (χ0n) is 14.0. The van der Waals surface area contributed by atoms with Gasteiger partial charge in [-0.3, -0.25) is 0 Å². The van der Waals surface area contributed by atoms with Crippen LogP contribution in [0.2, 0.25) is 0 Å². The molecular formula is C16H34O5. The van der Waals surface area contributed by atoms with Crippen molar-refractivity contribution in [2.45, 2.75) is 89.6 Å². The third kappa shape index (κ3) is 8.12. The Labute approximate surface area is 129 Å². The highest BCUT2D eigenvalue weighted by molar-refractivity contribution is 4.82. The van der Waals surface area contributed by atoms with Crippen molar-refractivity contribution in [3.8, 4) is 0 Å². The molecule has 0 bridgehead atoms. The van der Waals surface area contributed by atoms with Crippen LogP contribution >= 0.6 is 0 Å². The molecule has 5 heteroatoms. The number of rotatable bonds is 12. The maximum Gasteiger partial charge on any atom is 0.0801 e. The van der Waals surface area contributed by atoms with Crippen molar-refractivity contribution < 1.29 is 25.2 Å². The lowest BCUT2D eigenvalue weighted by molar-refractivity contribution is -0.114. The topological polar surface area (TPSA) is 90.2 Å². The lowest BCUT2D eigenvalue weighted by Crippen LogP contribution is -2.39. The maximum atomic E-state index is 10.2. The second kappa shape index (κ2) is 9.74. The Morgan fingerprint density at radius 1 is 1.00 bits per heavy atom. The summed E-state index contributed by atoms with van der Waals surface area (Å²) in [6, 6.07) is 0. The van der Waals surface area contributed by atoms with Gasteiger partial charge in [-0.1, -0.05) is 27.2 Å². The van der Waals surface area contributed by atoms with E-state index < -0.39 is 23.4 Å². The van der Waals surface area contributed by atoms with Gasteiger partial charge in [0.25, 0.3) is 0 Å². The van der Waals surface area contributed by atoms with Crippen molar-refractivity contribution >= 4 is 0 Å². The summed E-state index contributed by atoms with van der Waals surface area (Å²) in [5.41, 5.74) is -1.43. The first-order valence-corrected chi connectivity index (χ1v) is 8.07. The first kappa shape index (κ1) is 20.8. The van der Waals surface area contributed by atoms with E-state index in [4.69, 9.17) is 9.84 Å². The minimum atomic E-state index is -0.853. The molecular weight excluding hydrogens is 272 g/mol. The second-order valence-electron chi connectivity index (χ2n) is 6.34. The van der Waals surface area contributed by atoms with E-state index in [9.17, 15) is 15.3 Å². The minimum Gasteiger partial charge on any atom is -0.394 e. The van der Waals surface area contributed by atoms with Gasteiger partial charge in [0.05, 0.1) is 36.6 Å². The van der Waals surface area contributed by atoms with Gasteiger partial charge in [0.2, 0.25) is 0 Å². The van der Waals surface area contributed by atoms with Crippen molar-refractivity contribution in [1.82, 2.24) is 0 Å². The van der Waals surface area contributed by atoms with Crippen LogP contribution in [0.3, 0.4) is 0 Å². The van der Waals surface area contributed by atoms with Gasteiger partial charge in [-0.25, -0.2) is 0 Å². The van der Waals surface area contributed by atoms with Gasteiger partial charge in [0.15, 0.2) is 0 Å². The summed E-state index contributed by atoms with van der Waals surface area (Å²) in [5, 5.41) is 38.9. The van der Waals surface area contributed by atoms with E-state index in [0.717, 1.165) is 12.8 Å². The maximum absolute atomic E-state index is 10.2. The first-order chi connectivity index (χ1) is 9.74. The van der Waals surface area contributed by atoms with Crippen LogP contribution in [0.4, 0.5) is 0 Å². The van der Waals surface area contributed by atoms with Crippen LogP contribution in [0.5, 0.6) is 0 Å². The van der Waals surface area contributed by atoms with Crippen LogP contribution < -0.4 is 0 Å². The first-order valence-electron chi connectivity index (χ1n) is 8.07. The van der Waals surface area contributed by atoms with Crippen LogP contribution in [0.1, 0.15) is 66.2 Å². The van der Waals surface area contributed by atoms with Crippen LogP contribution in [0, 0.1) is 0 Å². The van der Waals surface area contributed by atoms with Gasteiger partial charge >= 0.3 is 0 Å². The highest BCUT2D eigenvalue weighted by Gasteiger charge is 2.30. The molecule has 0 aliphatic carbocycles. The molecule has 0 saturated carbocycles. The molecule has 21 heavy (non-hydrogen) atoms. The molecule has 0 aromatic rings. The summed E-state index contributed by atoms with van der Waals surface area (Å²) in [7, 11) is 0. The molecule has 5 nitrogen and oxygen atoms in total. The quantitative estimate of drug-likeness (QED) is 0.440. The van der Waals surface area contributed by atoms with Crippen molar-refractivity contribution in [3.63, 3.8) is 0 Å². The van der Waals surface area contributed by atoms with Gasteiger partial charge < -0.3 is 25.2 Å². The summed E-state index contributed by atoms with van der Waals surface area (Å²) in [4.78, 5) is 0. The molecule has 0 aromatic carbocycles. The third-order valence-corrected chi connectivity index (χ3v) is 4.21. The van der Waals surface area contributed by atoms with E-state index in [1.807, 2.05) is 27.7 Å². The van der Waals surface area contributed by atoms with E-state index in [-0.39, 0.29) is 19.6 Å². The highest BCUT2D eigenvalue weighted by Crippen LogP contribution is 2.26. The predicted molar refractivity (Wildman–Crippen MR) is 83.1 cm³/mol. The van der Waals surface area contributed by atoms with Crippen LogP contribution in [0.15, 0.2) is 0 Å². The van der Waals surface area contributed by atoms with Crippen LogP contribution in [-0.4, -0.2) is 57.0 Å². The standard InChI is InChI=1S/C16H34O5/c1-5-8-15(4,9-13(18)11-17)21-12-14(19)10-16(20,6-2)7-3/h13-14,17-20H,5-12H2,1-4H3. The average molecular weight is 306 g/mol. The number of aliphatic hydroxyl groups is 4. The normalized spacial score (nSPS) is 18.3. The fourth-order valence-electron chi connectivity index (χ4n) is 2.66. The van der Waals surface area contributed by atoms with Crippen molar-refractivity contribution in [2.24, 2.45) is 0 Å². The molecule has 0 rings (SSSR count). The molecule has 0 heterocycles. The minimum absolute atomic E-state index is 0.122. The molecule has 0 spiro atoms.